The van der Waals surface area contributed by atoms with Gasteiger partial charge < -0.3 is 4.65 Å². The summed E-state index contributed by atoms with van der Waals surface area (Å²) in [5.74, 6) is 0.902. The normalized spacial score (nSPS) is 13.8. The minimum atomic E-state index is -1.65. The first-order valence-corrected chi connectivity index (χ1v) is 10.1. The molecule has 0 radical (unpaired) electrons. The highest BCUT2D eigenvalue weighted by Crippen LogP contribution is 2.29. The average molecular weight is 378 g/mol. The van der Waals surface area contributed by atoms with Crippen molar-refractivity contribution in [3.63, 3.8) is 0 Å². The Kier molecular flexibility index (Phi) is 4.32. The van der Waals surface area contributed by atoms with E-state index in [9.17, 15) is 0 Å². The maximum atomic E-state index is 6.99. The van der Waals surface area contributed by atoms with Gasteiger partial charge in [-0.2, -0.15) is 10.9 Å². The Balaban J connectivity index is 1.87. The molecule has 0 aliphatic carbocycles. The molecule has 1 aromatic heterocycles. The monoisotopic (exact) mass is 378 g/mol. The highest BCUT2D eigenvalue weighted by atomic mass is 16.5. The van der Waals surface area contributed by atoms with Gasteiger partial charge in [0.1, 0.15) is 23.9 Å². The minimum Gasteiger partial charge on any atom is -0.695 e. The summed E-state index contributed by atoms with van der Waals surface area (Å²) in [7, 11) is 0. The topological polar surface area (TPSA) is 18.0 Å². The fraction of sp³-hybridized carbons (Fsp3) is 0.0800. The molecule has 0 N–H and O–H groups in total. The van der Waals surface area contributed by atoms with Gasteiger partial charge in [-0.15, -0.1) is 6.58 Å². The standard InChI is InChI=1S/C25H23BN2O/c1-2-3-18-27-19-20-28-23-16-10-11-17-24(23)29-26(25(27)28,21-12-6-4-7-13-21)22-14-8-5-9-15-22/h2,4-17,19-20H,1,3,18H2. The molecule has 0 atom stereocenters. The molecule has 0 amide bonds. The van der Waals surface area contributed by atoms with Gasteiger partial charge >= 0.3 is 6.35 Å². The van der Waals surface area contributed by atoms with Crippen LogP contribution in [0.3, 0.4) is 0 Å². The summed E-state index contributed by atoms with van der Waals surface area (Å²) in [5, 5.41) is 0. The van der Waals surface area contributed by atoms with Crippen LogP contribution >= 0.6 is 0 Å². The van der Waals surface area contributed by atoms with E-state index in [4.69, 9.17) is 4.65 Å². The van der Waals surface area contributed by atoms with Gasteiger partial charge in [-0.25, -0.2) is 4.57 Å². The zero-order valence-corrected chi connectivity index (χ0v) is 16.3. The van der Waals surface area contributed by atoms with Crippen LogP contribution in [0.1, 0.15) is 6.42 Å². The number of nitrogens with zero attached hydrogens (tertiary/aromatic N) is 2. The highest BCUT2D eigenvalue weighted by Gasteiger charge is 2.47. The highest BCUT2D eigenvalue weighted by molar-refractivity contribution is 7.06. The van der Waals surface area contributed by atoms with Gasteiger partial charge in [0.2, 0.25) is 0 Å². The predicted octanol–water partition coefficient (Wildman–Crippen LogP) is 2.70. The van der Waals surface area contributed by atoms with Crippen LogP contribution in [0.2, 0.25) is 0 Å². The molecule has 2 heterocycles. The molecule has 1 aliphatic heterocycles. The Morgan fingerprint density at radius 1 is 0.862 bits per heavy atom. The number of para-hydroxylation sites is 2. The van der Waals surface area contributed by atoms with E-state index < -0.39 is 6.35 Å². The first-order chi connectivity index (χ1) is 14.3. The van der Waals surface area contributed by atoms with Crippen molar-refractivity contribution in [1.29, 1.82) is 0 Å². The van der Waals surface area contributed by atoms with Crippen molar-refractivity contribution < 1.29 is 9.22 Å². The van der Waals surface area contributed by atoms with Crippen molar-refractivity contribution >= 4 is 23.0 Å². The number of aromatic nitrogens is 2. The summed E-state index contributed by atoms with van der Waals surface area (Å²) in [6, 6.07) is 29.5. The fourth-order valence-electron chi connectivity index (χ4n) is 4.56. The maximum Gasteiger partial charge on any atom is 0.338 e. The molecule has 3 aromatic carbocycles. The van der Waals surface area contributed by atoms with Gasteiger partial charge in [0.25, 0.3) is 0 Å². The third-order valence-corrected chi connectivity index (χ3v) is 5.84. The lowest BCUT2D eigenvalue weighted by Gasteiger charge is -2.44. The Hall–Kier alpha value is -3.53. The first kappa shape index (κ1) is 17.6. The summed E-state index contributed by atoms with van der Waals surface area (Å²) in [6.07, 6.45) is 5.53. The third-order valence-electron chi connectivity index (χ3n) is 5.84. The van der Waals surface area contributed by atoms with E-state index in [2.05, 4.69) is 107 Å². The van der Waals surface area contributed by atoms with Crippen LogP contribution in [0, 0.1) is 0 Å². The van der Waals surface area contributed by atoms with Crippen LogP contribution in [0.25, 0.3) is 5.69 Å². The lowest BCUT2D eigenvalue weighted by atomic mass is 9.30. The van der Waals surface area contributed by atoms with Crippen molar-refractivity contribution in [3.05, 3.63) is 110 Å². The van der Waals surface area contributed by atoms with Crippen LogP contribution in [0.4, 0.5) is 0 Å². The van der Waals surface area contributed by atoms with Gasteiger partial charge in [-0.3, -0.25) is 4.57 Å². The number of hydrogen-bond donors (Lipinski definition) is 0. The van der Waals surface area contributed by atoms with Crippen LogP contribution in [-0.4, -0.2) is 10.9 Å². The molecular formula is C25H23BN2O. The van der Waals surface area contributed by atoms with Gasteiger partial charge in [0.15, 0.2) is 5.69 Å². The van der Waals surface area contributed by atoms with Crippen LogP contribution in [0.5, 0.6) is 5.75 Å². The summed E-state index contributed by atoms with van der Waals surface area (Å²) >= 11 is 0. The van der Waals surface area contributed by atoms with Crippen molar-refractivity contribution in [1.82, 2.24) is 4.57 Å². The molecule has 142 valence electrons. The van der Waals surface area contributed by atoms with E-state index in [1.54, 1.807) is 0 Å². The van der Waals surface area contributed by atoms with Crippen molar-refractivity contribution in [2.45, 2.75) is 13.0 Å². The molecule has 5 rings (SSSR count). The number of benzene rings is 3. The smallest absolute Gasteiger partial charge is 0.338 e. The second-order valence-electron chi connectivity index (χ2n) is 7.49. The Morgan fingerprint density at radius 3 is 2.14 bits per heavy atom. The molecule has 0 spiro atoms. The zero-order valence-electron chi connectivity index (χ0n) is 16.3. The summed E-state index contributed by atoms with van der Waals surface area (Å²) < 4.78 is 11.6. The van der Waals surface area contributed by atoms with Gasteiger partial charge in [0, 0.05) is 6.42 Å². The van der Waals surface area contributed by atoms with E-state index in [-0.39, 0.29) is 0 Å². The second kappa shape index (κ2) is 7.14. The lowest BCUT2D eigenvalue weighted by molar-refractivity contribution is -0.678. The molecule has 0 fully saturated rings. The number of fused-ring (bicyclic) bond motifs is 3. The average Bonchev–Trinajstić information content (AvgIpc) is 3.23. The maximum absolute atomic E-state index is 6.99. The lowest BCUT2D eigenvalue weighted by Crippen LogP contribution is -2.81. The second-order valence-corrected chi connectivity index (χ2v) is 7.49. The summed E-state index contributed by atoms with van der Waals surface area (Å²) in [4.78, 5) is 0. The molecule has 4 aromatic rings. The summed E-state index contributed by atoms with van der Waals surface area (Å²) in [6.45, 7) is 4.78. The van der Waals surface area contributed by atoms with Crippen molar-refractivity contribution in [2.75, 3.05) is 0 Å². The van der Waals surface area contributed by atoms with Gasteiger partial charge in [-0.1, -0.05) is 78.9 Å². The molecule has 4 heteroatoms. The van der Waals surface area contributed by atoms with Crippen molar-refractivity contribution in [2.24, 2.45) is 0 Å². The molecule has 0 bridgehead atoms. The van der Waals surface area contributed by atoms with E-state index in [0.29, 0.717) is 0 Å². The fourth-order valence-corrected chi connectivity index (χ4v) is 4.56. The SMILES string of the molecule is C=CCC[n+]1ccn2c1[B-](c1ccccc1)(c1ccccc1)Oc1ccccc1-2. The molecule has 29 heavy (non-hydrogen) atoms. The predicted molar refractivity (Wildman–Crippen MR) is 119 cm³/mol. The van der Waals surface area contributed by atoms with Crippen LogP contribution in [0.15, 0.2) is 110 Å². The molecule has 0 saturated carbocycles. The van der Waals surface area contributed by atoms with E-state index in [1.165, 1.54) is 10.9 Å². The molecule has 0 saturated heterocycles. The largest absolute Gasteiger partial charge is 0.695 e. The number of rotatable bonds is 5. The van der Waals surface area contributed by atoms with Crippen LogP contribution < -0.4 is 25.9 Å². The number of aryl methyl sites for hydroxylation is 1. The van der Waals surface area contributed by atoms with E-state index in [1.807, 2.05) is 12.1 Å². The van der Waals surface area contributed by atoms with E-state index in [0.717, 1.165) is 30.1 Å². The number of allylic oxidation sites excluding steroid dienone is 1. The van der Waals surface area contributed by atoms with Crippen LogP contribution in [-0.2, 0) is 6.54 Å². The Bertz CT molecular complexity index is 1110. The zero-order chi connectivity index (χ0) is 19.7. The van der Waals surface area contributed by atoms with Gasteiger partial charge in [0.05, 0.1) is 6.54 Å². The first-order valence-electron chi connectivity index (χ1n) is 10.1. The quantitative estimate of drug-likeness (QED) is 0.297. The molecule has 1 aliphatic rings. The molecule has 3 nitrogen and oxygen atoms in total. The summed E-state index contributed by atoms with van der Waals surface area (Å²) in [5.41, 5.74) is 4.56. The Morgan fingerprint density at radius 2 is 1.48 bits per heavy atom. The number of imidazole rings is 1. The minimum absolute atomic E-state index is 0.862. The van der Waals surface area contributed by atoms with E-state index >= 15 is 0 Å². The molecular weight excluding hydrogens is 355 g/mol. The Labute approximate surface area is 171 Å². The molecule has 0 unspecified atom stereocenters. The van der Waals surface area contributed by atoms with Crippen molar-refractivity contribution in [3.8, 4) is 11.4 Å². The van der Waals surface area contributed by atoms with Gasteiger partial charge in [-0.05, 0) is 12.1 Å². The third kappa shape index (κ3) is 2.72. The number of hydrogen-bond acceptors (Lipinski definition) is 1.